The molecule has 2 N–H and O–H groups in total. The Kier molecular flexibility index (Phi) is 7.00. The average molecular weight is 392 g/mol. The molecule has 0 aliphatic heterocycles. The maximum Gasteiger partial charge on any atom is 0.271 e. The van der Waals surface area contributed by atoms with Gasteiger partial charge in [0.05, 0.1) is 13.7 Å². The molecule has 0 fully saturated rings. The highest BCUT2D eigenvalue weighted by molar-refractivity contribution is 5.92. The molecule has 0 aliphatic carbocycles. The predicted octanol–water partition coefficient (Wildman–Crippen LogP) is 3.21. The van der Waals surface area contributed by atoms with Crippen LogP contribution in [0.1, 0.15) is 21.6 Å². The van der Waals surface area contributed by atoms with Crippen LogP contribution in [0.4, 0.5) is 5.82 Å². The fourth-order valence-corrected chi connectivity index (χ4v) is 2.64. The van der Waals surface area contributed by atoms with Crippen molar-refractivity contribution in [1.29, 1.82) is 0 Å². The normalized spacial score (nSPS) is 10.3. The average Bonchev–Trinajstić information content (AvgIpc) is 2.77. The molecule has 0 unspecified atom stereocenters. The monoisotopic (exact) mass is 392 g/mol. The van der Waals surface area contributed by atoms with Crippen molar-refractivity contribution < 1.29 is 14.3 Å². The number of ether oxygens (including phenoxy) is 2. The number of amides is 1. The van der Waals surface area contributed by atoms with Gasteiger partial charge in [0.2, 0.25) is 0 Å². The molecule has 1 amide bonds. The standard InChI is InChI=1S/C22H24N4O3/c1-16-5-3-4-6-17(16)15-24-21-12-11-20(25-26-21)22(27)23-13-14-29-19-9-7-18(28-2)8-10-19/h3-12H,13-15H2,1-2H3,(H,23,27)(H,24,26). The van der Waals surface area contributed by atoms with E-state index in [1.807, 2.05) is 36.4 Å². The highest BCUT2D eigenvalue weighted by Gasteiger charge is 2.08. The molecule has 7 heteroatoms. The van der Waals surface area contributed by atoms with Crippen LogP contribution in [0.3, 0.4) is 0 Å². The summed E-state index contributed by atoms with van der Waals surface area (Å²) in [6, 6.07) is 18.8. The van der Waals surface area contributed by atoms with E-state index in [2.05, 4.69) is 39.9 Å². The van der Waals surface area contributed by atoms with Gasteiger partial charge in [-0.3, -0.25) is 4.79 Å². The fourth-order valence-electron chi connectivity index (χ4n) is 2.64. The molecule has 1 aromatic heterocycles. The smallest absolute Gasteiger partial charge is 0.271 e. The Balaban J connectivity index is 1.42. The fraction of sp³-hybridized carbons (Fsp3) is 0.227. The van der Waals surface area contributed by atoms with Crippen molar-refractivity contribution in [3.8, 4) is 11.5 Å². The first kappa shape index (κ1) is 20.1. The van der Waals surface area contributed by atoms with Gasteiger partial charge in [0, 0.05) is 6.54 Å². The van der Waals surface area contributed by atoms with Crippen molar-refractivity contribution in [2.45, 2.75) is 13.5 Å². The Bertz CT molecular complexity index is 928. The number of rotatable bonds is 9. The van der Waals surface area contributed by atoms with Gasteiger partial charge in [-0.05, 0) is 54.4 Å². The van der Waals surface area contributed by atoms with Crippen LogP contribution in [-0.4, -0.2) is 36.4 Å². The lowest BCUT2D eigenvalue weighted by Gasteiger charge is -2.09. The molecule has 3 rings (SSSR count). The number of aryl methyl sites for hydroxylation is 1. The predicted molar refractivity (Wildman–Crippen MR) is 111 cm³/mol. The number of benzene rings is 2. The first-order valence-electron chi connectivity index (χ1n) is 9.33. The second kappa shape index (κ2) is 10.1. The third-order valence-corrected chi connectivity index (χ3v) is 4.33. The van der Waals surface area contributed by atoms with Crippen molar-refractivity contribution in [1.82, 2.24) is 15.5 Å². The van der Waals surface area contributed by atoms with Gasteiger partial charge in [0.1, 0.15) is 23.9 Å². The van der Waals surface area contributed by atoms with E-state index in [9.17, 15) is 4.79 Å². The van der Waals surface area contributed by atoms with Crippen molar-refractivity contribution in [2.24, 2.45) is 0 Å². The molecule has 1 heterocycles. The van der Waals surface area contributed by atoms with Crippen LogP contribution in [-0.2, 0) is 6.54 Å². The van der Waals surface area contributed by atoms with E-state index in [1.54, 1.807) is 19.2 Å². The molecule has 2 aromatic carbocycles. The topological polar surface area (TPSA) is 85.4 Å². The highest BCUT2D eigenvalue weighted by atomic mass is 16.5. The van der Waals surface area contributed by atoms with E-state index in [0.717, 1.165) is 5.75 Å². The molecule has 0 aliphatic rings. The number of hydrogen-bond acceptors (Lipinski definition) is 6. The Morgan fingerprint density at radius 3 is 2.41 bits per heavy atom. The molecule has 150 valence electrons. The highest BCUT2D eigenvalue weighted by Crippen LogP contribution is 2.16. The van der Waals surface area contributed by atoms with Crippen LogP contribution in [0.15, 0.2) is 60.7 Å². The van der Waals surface area contributed by atoms with Crippen molar-refractivity contribution >= 4 is 11.7 Å². The van der Waals surface area contributed by atoms with Crippen LogP contribution in [0.25, 0.3) is 0 Å². The minimum Gasteiger partial charge on any atom is -0.497 e. The van der Waals surface area contributed by atoms with Gasteiger partial charge in [0.15, 0.2) is 5.69 Å². The molecule has 0 saturated heterocycles. The number of carbonyl (C=O) groups excluding carboxylic acids is 1. The molecule has 3 aromatic rings. The van der Waals surface area contributed by atoms with Crippen LogP contribution in [0, 0.1) is 6.92 Å². The molecule has 0 spiro atoms. The van der Waals surface area contributed by atoms with E-state index in [4.69, 9.17) is 9.47 Å². The summed E-state index contributed by atoms with van der Waals surface area (Å²) in [6.07, 6.45) is 0. The van der Waals surface area contributed by atoms with Gasteiger partial charge in [0.25, 0.3) is 5.91 Å². The summed E-state index contributed by atoms with van der Waals surface area (Å²) in [5.41, 5.74) is 2.66. The number of anilines is 1. The maximum atomic E-state index is 12.2. The van der Waals surface area contributed by atoms with Crippen LogP contribution in [0.2, 0.25) is 0 Å². The summed E-state index contributed by atoms with van der Waals surface area (Å²) >= 11 is 0. The van der Waals surface area contributed by atoms with E-state index >= 15 is 0 Å². The molecular weight excluding hydrogens is 368 g/mol. The molecule has 7 nitrogen and oxygen atoms in total. The third kappa shape index (κ3) is 5.93. The zero-order valence-electron chi connectivity index (χ0n) is 16.5. The molecular formula is C22H24N4O3. The molecule has 29 heavy (non-hydrogen) atoms. The number of aromatic nitrogens is 2. The summed E-state index contributed by atoms with van der Waals surface area (Å²) in [4.78, 5) is 12.2. The van der Waals surface area contributed by atoms with Gasteiger partial charge in [-0.2, -0.15) is 0 Å². The first-order chi connectivity index (χ1) is 14.2. The lowest BCUT2D eigenvalue weighted by Crippen LogP contribution is -2.29. The zero-order valence-corrected chi connectivity index (χ0v) is 16.5. The summed E-state index contributed by atoms with van der Waals surface area (Å²) in [5, 5.41) is 14.0. The second-order valence-corrected chi connectivity index (χ2v) is 6.36. The number of methoxy groups -OCH3 is 1. The summed E-state index contributed by atoms with van der Waals surface area (Å²) < 4.78 is 10.7. The second-order valence-electron chi connectivity index (χ2n) is 6.36. The molecule has 0 radical (unpaired) electrons. The minimum absolute atomic E-state index is 0.260. The molecule has 0 saturated carbocycles. The van der Waals surface area contributed by atoms with Crippen LogP contribution >= 0.6 is 0 Å². The Morgan fingerprint density at radius 2 is 1.72 bits per heavy atom. The Morgan fingerprint density at radius 1 is 0.966 bits per heavy atom. The maximum absolute atomic E-state index is 12.2. The largest absolute Gasteiger partial charge is 0.497 e. The lowest BCUT2D eigenvalue weighted by atomic mass is 10.1. The van der Waals surface area contributed by atoms with Crippen molar-refractivity contribution in [2.75, 3.05) is 25.6 Å². The molecule has 0 atom stereocenters. The van der Waals surface area contributed by atoms with E-state index in [0.29, 0.717) is 31.3 Å². The lowest BCUT2D eigenvalue weighted by molar-refractivity contribution is 0.0941. The van der Waals surface area contributed by atoms with Gasteiger partial charge in [-0.1, -0.05) is 24.3 Å². The van der Waals surface area contributed by atoms with Gasteiger partial charge >= 0.3 is 0 Å². The van der Waals surface area contributed by atoms with E-state index in [1.165, 1.54) is 11.1 Å². The zero-order chi connectivity index (χ0) is 20.5. The number of nitrogens with zero attached hydrogens (tertiary/aromatic N) is 2. The minimum atomic E-state index is -0.290. The SMILES string of the molecule is COc1ccc(OCCNC(=O)c2ccc(NCc3ccccc3C)nn2)cc1. The Hall–Kier alpha value is -3.61. The van der Waals surface area contributed by atoms with Gasteiger partial charge in [-0.15, -0.1) is 10.2 Å². The first-order valence-corrected chi connectivity index (χ1v) is 9.33. The summed E-state index contributed by atoms with van der Waals surface area (Å²) in [5.74, 6) is 1.80. The van der Waals surface area contributed by atoms with E-state index < -0.39 is 0 Å². The van der Waals surface area contributed by atoms with Crippen LogP contribution < -0.4 is 20.1 Å². The third-order valence-electron chi connectivity index (χ3n) is 4.33. The van der Waals surface area contributed by atoms with E-state index in [-0.39, 0.29) is 11.6 Å². The van der Waals surface area contributed by atoms with Gasteiger partial charge in [-0.25, -0.2) is 0 Å². The van der Waals surface area contributed by atoms with Crippen molar-refractivity contribution in [3.63, 3.8) is 0 Å². The number of carbonyl (C=O) groups is 1. The number of hydrogen-bond donors (Lipinski definition) is 2. The molecule has 0 bridgehead atoms. The summed E-state index contributed by atoms with van der Waals surface area (Å²) in [7, 11) is 1.61. The summed E-state index contributed by atoms with van der Waals surface area (Å²) in [6.45, 7) is 3.42. The quantitative estimate of drug-likeness (QED) is 0.544. The van der Waals surface area contributed by atoms with Crippen molar-refractivity contribution in [3.05, 3.63) is 77.5 Å². The van der Waals surface area contributed by atoms with Gasteiger partial charge < -0.3 is 20.1 Å². The Labute approximate surface area is 170 Å². The van der Waals surface area contributed by atoms with Crippen LogP contribution in [0.5, 0.6) is 11.5 Å². The number of nitrogens with one attached hydrogen (secondary N) is 2.